The van der Waals surface area contributed by atoms with Crippen LogP contribution in [0.15, 0.2) is 44.7 Å². The number of nitrogens with zero attached hydrogens (tertiary/aromatic N) is 1. The summed E-state index contributed by atoms with van der Waals surface area (Å²) in [5, 5.41) is 12.4. The first kappa shape index (κ1) is 22.3. The maximum absolute atomic E-state index is 13.0. The largest absolute Gasteiger partial charge is 0.504 e. The van der Waals surface area contributed by atoms with Crippen LogP contribution in [0.2, 0.25) is 0 Å². The first-order chi connectivity index (χ1) is 12.9. The molecule has 0 aliphatic carbocycles. The van der Waals surface area contributed by atoms with E-state index in [1.165, 1.54) is 31.3 Å². The second-order valence-electron chi connectivity index (χ2n) is 5.20. The van der Waals surface area contributed by atoms with Gasteiger partial charge in [0.2, 0.25) is 0 Å². The number of nitrogens with one attached hydrogen (secondary N) is 1. The van der Waals surface area contributed by atoms with Crippen molar-refractivity contribution in [2.24, 2.45) is 0 Å². The van der Waals surface area contributed by atoms with E-state index in [1.807, 2.05) is 0 Å². The minimum absolute atomic E-state index is 0.136. The summed E-state index contributed by atoms with van der Waals surface area (Å²) in [4.78, 5) is 14.1. The number of rotatable bonds is 5. The van der Waals surface area contributed by atoms with E-state index < -0.39 is 63.5 Å². The number of phenols is 1. The molecule has 2 N–H and O–H groups in total. The number of pyridine rings is 1. The number of hydrogen-bond donors (Lipinski definition) is 2. The van der Waals surface area contributed by atoms with E-state index >= 15 is 0 Å². The van der Waals surface area contributed by atoms with Crippen molar-refractivity contribution < 1.29 is 35.7 Å². The lowest BCUT2D eigenvalue weighted by atomic mass is 10.2. The zero-order valence-electron chi connectivity index (χ0n) is 13.9. The van der Waals surface area contributed by atoms with Crippen molar-refractivity contribution in [2.45, 2.75) is 22.2 Å². The van der Waals surface area contributed by atoms with Gasteiger partial charge in [0.15, 0.2) is 26.4 Å². The monoisotopic (exact) mass is 500 g/mol. The highest BCUT2D eigenvalue weighted by atomic mass is 79.9. The molecule has 0 bridgehead atoms. The molecule has 0 aliphatic heterocycles. The van der Waals surface area contributed by atoms with Crippen molar-refractivity contribution in [3.05, 3.63) is 40.6 Å². The Hall–Kier alpha value is -1.99. The lowest BCUT2D eigenvalue weighted by molar-refractivity contribution is -0.0385. The molecule has 152 valence electrons. The summed E-state index contributed by atoms with van der Waals surface area (Å²) in [6, 6.07) is 4.88. The molecule has 1 heterocycles. The van der Waals surface area contributed by atoms with Crippen LogP contribution in [0, 0.1) is 0 Å². The molecule has 0 saturated carbocycles. The van der Waals surface area contributed by atoms with E-state index in [0.717, 1.165) is 0 Å². The van der Waals surface area contributed by atoms with Crippen molar-refractivity contribution in [3.63, 3.8) is 0 Å². The standard InChI is InChI=1S/C15H12BrF3N2O5S2/c1-2-28(25,26)13-11(16)10(27(24)15(17,18)19)7-9(12(13)22)21-14(23)8-5-3-4-6-20-8/h3-7,22H,2H2,1H3,(H,21,23). The molecular weight excluding hydrogens is 489 g/mol. The highest BCUT2D eigenvalue weighted by Crippen LogP contribution is 2.43. The van der Waals surface area contributed by atoms with Crippen LogP contribution in [0.4, 0.5) is 18.9 Å². The summed E-state index contributed by atoms with van der Waals surface area (Å²) in [7, 11) is -7.88. The molecule has 0 fully saturated rings. The summed E-state index contributed by atoms with van der Waals surface area (Å²) >= 11 is 2.69. The van der Waals surface area contributed by atoms with E-state index in [2.05, 4.69) is 26.2 Å². The Balaban J connectivity index is 2.70. The van der Waals surface area contributed by atoms with Gasteiger partial charge in [0.25, 0.3) is 5.91 Å². The van der Waals surface area contributed by atoms with Gasteiger partial charge in [-0.15, -0.1) is 0 Å². The van der Waals surface area contributed by atoms with E-state index in [4.69, 9.17) is 0 Å². The van der Waals surface area contributed by atoms with Gasteiger partial charge in [-0.25, -0.2) is 12.6 Å². The summed E-state index contributed by atoms with van der Waals surface area (Å²) in [5.74, 6) is -2.46. The molecule has 0 saturated heterocycles. The Labute approximate surface area is 168 Å². The van der Waals surface area contributed by atoms with Crippen molar-refractivity contribution in [1.29, 1.82) is 0 Å². The van der Waals surface area contributed by atoms with Crippen LogP contribution in [0.1, 0.15) is 17.4 Å². The number of amides is 1. The van der Waals surface area contributed by atoms with Crippen LogP contribution in [0.5, 0.6) is 5.75 Å². The third kappa shape index (κ3) is 4.52. The van der Waals surface area contributed by atoms with Gasteiger partial charge in [-0.2, -0.15) is 13.2 Å². The summed E-state index contributed by atoms with van der Waals surface area (Å²) < 4.78 is 74.6. The number of sulfone groups is 1. The smallest absolute Gasteiger partial charge is 0.475 e. The van der Waals surface area contributed by atoms with Crippen molar-refractivity contribution >= 4 is 48.2 Å². The highest BCUT2D eigenvalue weighted by Gasteiger charge is 2.41. The van der Waals surface area contributed by atoms with Gasteiger partial charge in [0.1, 0.15) is 10.6 Å². The SMILES string of the molecule is CCS(=O)(=O)c1c(O)c(NC(=O)c2ccccn2)cc(S(=O)C(F)(F)F)c1Br. The lowest BCUT2D eigenvalue weighted by Crippen LogP contribution is -2.19. The number of hydrogen-bond acceptors (Lipinski definition) is 6. The summed E-state index contributed by atoms with van der Waals surface area (Å²) in [5.41, 5.74) is -5.99. The average Bonchev–Trinajstić information content (AvgIpc) is 2.63. The predicted octanol–water partition coefficient (Wildman–Crippen LogP) is 3.22. The third-order valence-electron chi connectivity index (χ3n) is 3.41. The number of benzene rings is 1. The van der Waals surface area contributed by atoms with Crippen LogP contribution in [-0.2, 0) is 20.6 Å². The number of alkyl halides is 3. The van der Waals surface area contributed by atoms with Crippen LogP contribution < -0.4 is 5.32 Å². The molecular formula is C15H12BrF3N2O5S2. The van der Waals surface area contributed by atoms with Crippen LogP contribution >= 0.6 is 15.9 Å². The molecule has 1 aromatic carbocycles. The molecule has 0 spiro atoms. The Morgan fingerprint density at radius 3 is 2.50 bits per heavy atom. The number of carbonyl (C=O) groups is 1. The molecule has 28 heavy (non-hydrogen) atoms. The van der Waals surface area contributed by atoms with E-state index in [9.17, 15) is 35.7 Å². The Morgan fingerprint density at radius 2 is 2.00 bits per heavy atom. The number of halogens is 4. The van der Waals surface area contributed by atoms with Crippen molar-refractivity contribution in [2.75, 3.05) is 11.1 Å². The molecule has 2 rings (SSSR count). The number of aromatic hydroxyl groups is 1. The number of carbonyl (C=O) groups excluding carboxylic acids is 1. The molecule has 0 aliphatic rings. The fourth-order valence-electron chi connectivity index (χ4n) is 2.07. The molecule has 1 amide bonds. The summed E-state index contributed by atoms with van der Waals surface area (Å²) in [6.07, 6.45) is 1.29. The van der Waals surface area contributed by atoms with Gasteiger partial charge >= 0.3 is 5.51 Å². The highest BCUT2D eigenvalue weighted by molar-refractivity contribution is 9.10. The van der Waals surface area contributed by atoms with Crippen molar-refractivity contribution in [1.82, 2.24) is 4.98 Å². The number of anilines is 1. The van der Waals surface area contributed by atoms with E-state index in [-0.39, 0.29) is 5.69 Å². The zero-order chi connectivity index (χ0) is 21.3. The topological polar surface area (TPSA) is 113 Å². The summed E-state index contributed by atoms with van der Waals surface area (Å²) in [6.45, 7) is 1.21. The van der Waals surface area contributed by atoms with Gasteiger partial charge in [-0.3, -0.25) is 9.78 Å². The Bertz CT molecular complexity index is 1040. The minimum Gasteiger partial charge on any atom is -0.504 e. The zero-order valence-corrected chi connectivity index (χ0v) is 17.2. The second-order valence-corrected chi connectivity index (χ2v) is 9.65. The molecule has 7 nitrogen and oxygen atoms in total. The predicted molar refractivity (Wildman–Crippen MR) is 98.2 cm³/mol. The molecule has 1 unspecified atom stereocenters. The Kier molecular flexibility index (Phi) is 6.51. The molecule has 1 aromatic heterocycles. The second kappa shape index (κ2) is 8.17. The number of aromatic nitrogens is 1. The first-order valence-corrected chi connectivity index (χ1v) is 11.0. The first-order valence-electron chi connectivity index (χ1n) is 7.39. The third-order valence-corrected chi connectivity index (χ3v) is 7.68. The minimum atomic E-state index is -5.20. The average molecular weight is 501 g/mol. The van der Waals surface area contributed by atoms with Gasteiger partial charge in [-0.1, -0.05) is 13.0 Å². The van der Waals surface area contributed by atoms with Crippen LogP contribution in [-0.4, -0.2) is 39.9 Å². The van der Waals surface area contributed by atoms with Gasteiger partial charge < -0.3 is 10.4 Å². The maximum Gasteiger partial charge on any atom is 0.475 e. The Morgan fingerprint density at radius 1 is 1.36 bits per heavy atom. The van der Waals surface area contributed by atoms with E-state index in [0.29, 0.717) is 6.07 Å². The fourth-order valence-corrected chi connectivity index (χ4v) is 5.43. The number of phenolic OH excluding ortho intramolecular Hbond substituents is 1. The lowest BCUT2D eigenvalue weighted by Gasteiger charge is -2.17. The molecule has 1 atom stereocenters. The van der Waals surface area contributed by atoms with E-state index in [1.54, 1.807) is 0 Å². The normalized spacial score (nSPS) is 13.2. The van der Waals surface area contributed by atoms with Crippen LogP contribution in [0.3, 0.4) is 0 Å². The molecule has 0 radical (unpaired) electrons. The van der Waals surface area contributed by atoms with Gasteiger partial charge in [0, 0.05) is 6.20 Å². The van der Waals surface area contributed by atoms with Crippen molar-refractivity contribution in [3.8, 4) is 5.75 Å². The van der Waals surface area contributed by atoms with Crippen LogP contribution in [0.25, 0.3) is 0 Å². The maximum atomic E-state index is 13.0. The molecule has 2 aromatic rings. The fraction of sp³-hybridized carbons (Fsp3) is 0.200. The molecule has 13 heteroatoms. The quantitative estimate of drug-likeness (QED) is 0.609. The van der Waals surface area contributed by atoms with Gasteiger partial charge in [0.05, 0.1) is 20.8 Å². The van der Waals surface area contributed by atoms with Gasteiger partial charge in [-0.05, 0) is 34.1 Å².